The topological polar surface area (TPSA) is 14.2 Å². The molecule has 4 heteroatoms. The first kappa shape index (κ1) is 11.7. The normalized spacial score (nSPS) is 10.9. The molecule has 0 aliphatic heterocycles. The fourth-order valence-corrected chi connectivity index (χ4v) is 2.04. The van der Waals surface area contributed by atoms with Gasteiger partial charge < -0.3 is 9.30 Å². The van der Waals surface area contributed by atoms with Crippen molar-refractivity contribution in [2.75, 3.05) is 0 Å². The van der Waals surface area contributed by atoms with Crippen molar-refractivity contribution in [3.63, 3.8) is 0 Å². The van der Waals surface area contributed by atoms with Crippen LogP contribution >= 0.6 is 0 Å². The minimum absolute atomic E-state index is 0.0118. The van der Waals surface area contributed by atoms with Gasteiger partial charge in [0.25, 0.3) is 0 Å². The SMILES string of the molecule is Cn1ccc2c(Oc3ccc(F)cc3F)cccc21. The van der Waals surface area contributed by atoms with Gasteiger partial charge in [-0.3, -0.25) is 0 Å². The third kappa shape index (κ3) is 2.05. The molecule has 0 N–H and O–H groups in total. The summed E-state index contributed by atoms with van der Waals surface area (Å²) >= 11 is 0. The Labute approximate surface area is 108 Å². The van der Waals surface area contributed by atoms with Crippen LogP contribution in [0.25, 0.3) is 10.9 Å². The predicted molar refractivity (Wildman–Crippen MR) is 69.4 cm³/mol. The van der Waals surface area contributed by atoms with Crippen molar-refractivity contribution in [3.8, 4) is 11.5 Å². The van der Waals surface area contributed by atoms with E-state index in [-0.39, 0.29) is 5.75 Å². The Morgan fingerprint density at radius 1 is 1.00 bits per heavy atom. The highest BCUT2D eigenvalue weighted by Crippen LogP contribution is 2.31. The summed E-state index contributed by atoms with van der Waals surface area (Å²) in [4.78, 5) is 0. The van der Waals surface area contributed by atoms with E-state index in [2.05, 4.69) is 0 Å². The van der Waals surface area contributed by atoms with Gasteiger partial charge in [0.15, 0.2) is 11.6 Å². The molecule has 0 atom stereocenters. The molecule has 0 bridgehead atoms. The third-order valence-electron chi connectivity index (χ3n) is 3.00. The molecule has 0 unspecified atom stereocenters. The van der Waals surface area contributed by atoms with Gasteiger partial charge in [0, 0.05) is 24.7 Å². The number of aryl methyl sites for hydroxylation is 1. The number of ether oxygens (including phenoxy) is 1. The second-order valence-corrected chi connectivity index (χ2v) is 4.29. The lowest BCUT2D eigenvalue weighted by Gasteiger charge is -2.08. The first-order chi connectivity index (χ1) is 9.15. The van der Waals surface area contributed by atoms with E-state index < -0.39 is 11.6 Å². The highest BCUT2D eigenvalue weighted by Gasteiger charge is 2.09. The summed E-state index contributed by atoms with van der Waals surface area (Å²) < 4.78 is 33.9. The van der Waals surface area contributed by atoms with Crippen molar-refractivity contribution in [1.29, 1.82) is 0 Å². The third-order valence-corrected chi connectivity index (χ3v) is 3.00. The van der Waals surface area contributed by atoms with Crippen molar-refractivity contribution < 1.29 is 13.5 Å². The van der Waals surface area contributed by atoms with E-state index in [1.807, 2.05) is 36.0 Å². The molecule has 0 fully saturated rings. The molecule has 0 amide bonds. The van der Waals surface area contributed by atoms with Gasteiger partial charge in [0.05, 0.1) is 5.52 Å². The predicted octanol–water partition coefficient (Wildman–Crippen LogP) is 4.25. The van der Waals surface area contributed by atoms with E-state index in [0.29, 0.717) is 5.75 Å². The van der Waals surface area contributed by atoms with Crippen molar-refractivity contribution in [2.24, 2.45) is 7.05 Å². The Morgan fingerprint density at radius 3 is 2.63 bits per heavy atom. The standard InChI is InChI=1S/C15H11F2NO/c1-18-8-7-11-13(18)3-2-4-14(11)19-15-6-5-10(16)9-12(15)17/h2-9H,1H3. The quantitative estimate of drug-likeness (QED) is 0.671. The average molecular weight is 259 g/mol. The molecule has 0 saturated heterocycles. The maximum atomic E-state index is 13.6. The number of hydrogen-bond donors (Lipinski definition) is 0. The summed E-state index contributed by atoms with van der Waals surface area (Å²) in [6.07, 6.45) is 1.90. The molecule has 3 aromatic rings. The van der Waals surface area contributed by atoms with Crippen molar-refractivity contribution in [2.45, 2.75) is 0 Å². The second-order valence-electron chi connectivity index (χ2n) is 4.29. The molecule has 0 spiro atoms. The Bertz CT molecular complexity index is 749. The van der Waals surface area contributed by atoms with Crippen LogP contribution in [0.15, 0.2) is 48.7 Å². The summed E-state index contributed by atoms with van der Waals surface area (Å²) in [5, 5.41) is 0.883. The van der Waals surface area contributed by atoms with Crippen molar-refractivity contribution >= 4 is 10.9 Å². The zero-order chi connectivity index (χ0) is 13.4. The van der Waals surface area contributed by atoms with Crippen LogP contribution in [0.3, 0.4) is 0 Å². The Kier molecular flexibility index (Phi) is 2.71. The van der Waals surface area contributed by atoms with E-state index >= 15 is 0 Å². The summed E-state index contributed by atoms with van der Waals surface area (Å²) in [5.41, 5.74) is 0.986. The number of hydrogen-bond acceptors (Lipinski definition) is 1. The van der Waals surface area contributed by atoms with E-state index in [0.717, 1.165) is 17.0 Å². The molecule has 2 aromatic carbocycles. The number of benzene rings is 2. The molecule has 1 heterocycles. The summed E-state index contributed by atoms with van der Waals surface area (Å²) in [5.74, 6) is -0.780. The van der Waals surface area contributed by atoms with Crippen LogP contribution < -0.4 is 4.74 Å². The van der Waals surface area contributed by atoms with Crippen LogP contribution in [-0.4, -0.2) is 4.57 Å². The molecule has 19 heavy (non-hydrogen) atoms. The number of fused-ring (bicyclic) bond motifs is 1. The second kappa shape index (κ2) is 4.39. The van der Waals surface area contributed by atoms with Crippen LogP contribution in [0.1, 0.15) is 0 Å². The van der Waals surface area contributed by atoms with Crippen molar-refractivity contribution in [1.82, 2.24) is 4.57 Å². The van der Waals surface area contributed by atoms with Crippen molar-refractivity contribution in [3.05, 3.63) is 60.3 Å². The summed E-state index contributed by atoms with van der Waals surface area (Å²) in [6, 6.07) is 10.7. The lowest BCUT2D eigenvalue weighted by atomic mass is 10.2. The minimum atomic E-state index is -0.715. The largest absolute Gasteiger partial charge is 0.454 e. The maximum absolute atomic E-state index is 13.6. The zero-order valence-electron chi connectivity index (χ0n) is 10.2. The molecule has 0 aliphatic rings. The van der Waals surface area contributed by atoms with Crippen LogP contribution in [0, 0.1) is 11.6 Å². The van der Waals surface area contributed by atoms with E-state index in [1.165, 1.54) is 12.1 Å². The molecule has 96 valence electrons. The van der Waals surface area contributed by atoms with E-state index in [1.54, 1.807) is 6.07 Å². The Hall–Kier alpha value is -2.36. The smallest absolute Gasteiger partial charge is 0.168 e. The van der Waals surface area contributed by atoms with Crippen LogP contribution in [-0.2, 0) is 7.05 Å². The van der Waals surface area contributed by atoms with Gasteiger partial charge in [0.2, 0.25) is 0 Å². The van der Waals surface area contributed by atoms with Crippen LogP contribution in [0.5, 0.6) is 11.5 Å². The number of aromatic nitrogens is 1. The minimum Gasteiger partial charge on any atom is -0.454 e. The van der Waals surface area contributed by atoms with Gasteiger partial charge >= 0.3 is 0 Å². The molecule has 0 aliphatic carbocycles. The Morgan fingerprint density at radius 2 is 1.84 bits per heavy atom. The average Bonchev–Trinajstić information content (AvgIpc) is 2.76. The molecule has 3 rings (SSSR count). The molecular formula is C15H11F2NO. The zero-order valence-corrected chi connectivity index (χ0v) is 10.2. The highest BCUT2D eigenvalue weighted by atomic mass is 19.1. The van der Waals surface area contributed by atoms with Gasteiger partial charge in [-0.05, 0) is 30.3 Å². The molecular weight excluding hydrogens is 248 g/mol. The van der Waals surface area contributed by atoms with Gasteiger partial charge in [-0.2, -0.15) is 0 Å². The highest BCUT2D eigenvalue weighted by molar-refractivity contribution is 5.86. The Balaban J connectivity index is 2.06. The number of halogens is 2. The van der Waals surface area contributed by atoms with Crippen LogP contribution in [0.2, 0.25) is 0 Å². The first-order valence-electron chi connectivity index (χ1n) is 5.82. The first-order valence-corrected chi connectivity index (χ1v) is 5.82. The molecule has 0 saturated carbocycles. The fraction of sp³-hybridized carbons (Fsp3) is 0.0667. The van der Waals surface area contributed by atoms with E-state index in [9.17, 15) is 8.78 Å². The van der Waals surface area contributed by atoms with Gasteiger partial charge in [-0.1, -0.05) is 6.07 Å². The summed E-state index contributed by atoms with van der Waals surface area (Å²) in [7, 11) is 1.92. The van der Waals surface area contributed by atoms with Gasteiger partial charge in [-0.15, -0.1) is 0 Å². The fourth-order valence-electron chi connectivity index (χ4n) is 2.04. The monoisotopic (exact) mass is 259 g/mol. The van der Waals surface area contributed by atoms with Gasteiger partial charge in [-0.25, -0.2) is 8.78 Å². The van der Waals surface area contributed by atoms with E-state index in [4.69, 9.17) is 4.74 Å². The lowest BCUT2D eigenvalue weighted by Crippen LogP contribution is -1.90. The number of rotatable bonds is 2. The molecule has 1 aromatic heterocycles. The summed E-state index contributed by atoms with van der Waals surface area (Å²) in [6.45, 7) is 0. The maximum Gasteiger partial charge on any atom is 0.168 e. The van der Waals surface area contributed by atoms with Gasteiger partial charge in [0.1, 0.15) is 11.6 Å². The van der Waals surface area contributed by atoms with Crippen LogP contribution in [0.4, 0.5) is 8.78 Å². The number of nitrogens with zero attached hydrogens (tertiary/aromatic N) is 1. The molecule has 0 radical (unpaired) electrons. The molecule has 2 nitrogen and oxygen atoms in total. The lowest BCUT2D eigenvalue weighted by molar-refractivity contribution is 0.441.